The van der Waals surface area contributed by atoms with Gasteiger partial charge in [-0.05, 0) is 19.2 Å². The Labute approximate surface area is 133 Å². The van der Waals surface area contributed by atoms with Gasteiger partial charge >= 0.3 is 5.97 Å². The Hall–Kier alpha value is -1.43. The molecule has 2 rings (SSSR count). The number of carboxylic acid groups (broad SMARTS) is 1. The third kappa shape index (κ3) is 4.52. The van der Waals surface area contributed by atoms with E-state index in [1.54, 1.807) is 18.3 Å². The smallest absolute Gasteiger partial charge is 0.307 e. The van der Waals surface area contributed by atoms with Crippen molar-refractivity contribution in [1.82, 2.24) is 9.88 Å². The monoisotopic (exact) mass is 324 g/mol. The molecule has 4 nitrogen and oxygen atoms in total. The summed E-state index contributed by atoms with van der Waals surface area (Å²) in [6, 6.07) is 7.58. The van der Waals surface area contributed by atoms with Gasteiger partial charge in [0.2, 0.25) is 0 Å². The Bertz CT molecular complexity index is 612. The quantitative estimate of drug-likeness (QED) is 0.881. The Morgan fingerprint density at radius 1 is 1.43 bits per heavy atom. The summed E-state index contributed by atoms with van der Waals surface area (Å²) < 4.78 is 0. The summed E-state index contributed by atoms with van der Waals surface area (Å²) in [5.74, 6) is -1.15. The zero-order chi connectivity index (χ0) is 15.4. The van der Waals surface area contributed by atoms with Gasteiger partial charge in [-0.15, -0.1) is 11.3 Å². The molecule has 1 unspecified atom stereocenters. The number of halogens is 1. The second kappa shape index (κ2) is 7.02. The van der Waals surface area contributed by atoms with Crippen molar-refractivity contribution in [3.05, 3.63) is 40.4 Å². The van der Waals surface area contributed by atoms with Crippen molar-refractivity contribution in [3.63, 3.8) is 0 Å². The highest BCUT2D eigenvalue weighted by Crippen LogP contribution is 2.26. The lowest BCUT2D eigenvalue weighted by atomic mass is 10.2. The second-order valence-electron chi connectivity index (χ2n) is 5.07. The van der Waals surface area contributed by atoms with E-state index in [0.717, 1.165) is 15.4 Å². The lowest BCUT2D eigenvalue weighted by Crippen LogP contribution is -2.27. The van der Waals surface area contributed by atoms with Crippen LogP contribution in [-0.4, -0.2) is 34.6 Å². The van der Waals surface area contributed by atoms with Crippen molar-refractivity contribution in [2.75, 3.05) is 13.6 Å². The number of benzene rings is 1. The number of carboxylic acids is 1. The topological polar surface area (TPSA) is 53.4 Å². The van der Waals surface area contributed by atoms with Crippen LogP contribution in [0.15, 0.2) is 30.5 Å². The normalized spacial score (nSPS) is 12.6. The Morgan fingerprint density at radius 2 is 2.10 bits per heavy atom. The molecule has 0 fully saturated rings. The lowest BCUT2D eigenvalue weighted by molar-refractivity contribution is -0.141. The van der Waals surface area contributed by atoms with Crippen LogP contribution in [0.25, 0.3) is 10.6 Å². The number of aliphatic carboxylic acids is 1. The third-order valence-electron chi connectivity index (χ3n) is 3.08. The maximum atomic E-state index is 10.9. The first-order valence-corrected chi connectivity index (χ1v) is 7.77. The SMILES string of the molecule is CC(CN(C)Cc1cnc(-c2ccc(Cl)cc2)s1)C(=O)O. The largest absolute Gasteiger partial charge is 0.481 e. The Morgan fingerprint density at radius 3 is 2.71 bits per heavy atom. The van der Waals surface area contributed by atoms with Gasteiger partial charge in [-0.3, -0.25) is 4.79 Å². The van der Waals surface area contributed by atoms with Gasteiger partial charge in [0.1, 0.15) is 5.01 Å². The zero-order valence-corrected chi connectivity index (χ0v) is 13.5. The molecule has 1 aromatic heterocycles. The molecule has 1 aromatic carbocycles. The van der Waals surface area contributed by atoms with Crippen LogP contribution in [0.3, 0.4) is 0 Å². The first-order chi connectivity index (χ1) is 9.95. The molecule has 6 heteroatoms. The highest BCUT2D eigenvalue weighted by molar-refractivity contribution is 7.15. The summed E-state index contributed by atoms with van der Waals surface area (Å²) in [6.45, 7) is 2.93. The van der Waals surface area contributed by atoms with Gasteiger partial charge in [-0.1, -0.05) is 30.7 Å². The van der Waals surface area contributed by atoms with E-state index in [9.17, 15) is 4.79 Å². The van der Waals surface area contributed by atoms with Gasteiger partial charge in [0.15, 0.2) is 0 Å². The maximum Gasteiger partial charge on any atom is 0.307 e. The number of aromatic nitrogens is 1. The van der Waals surface area contributed by atoms with Crippen molar-refractivity contribution >= 4 is 28.9 Å². The molecule has 0 bridgehead atoms. The van der Waals surface area contributed by atoms with Crippen molar-refractivity contribution in [2.24, 2.45) is 5.92 Å². The van der Waals surface area contributed by atoms with Gasteiger partial charge in [0, 0.05) is 34.7 Å². The van der Waals surface area contributed by atoms with E-state index >= 15 is 0 Å². The van der Waals surface area contributed by atoms with Gasteiger partial charge < -0.3 is 10.0 Å². The zero-order valence-electron chi connectivity index (χ0n) is 11.9. The van der Waals surface area contributed by atoms with Gasteiger partial charge in [0.05, 0.1) is 5.92 Å². The number of hydrogen-bond acceptors (Lipinski definition) is 4. The maximum absolute atomic E-state index is 10.9. The molecule has 1 atom stereocenters. The summed E-state index contributed by atoms with van der Waals surface area (Å²) in [7, 11) is 1.92. The molecule has 0 aliphatic rings. The molecule has 0 radical (unpaired) electrons. The molecule has 0 spiro atoms. The van der Waals surface area contributed by atoms with Gasteiger partial charge in [0.25, 0.3) is 0 Å². The van der Waals surface area contributed by atoms with Crippen LogP contribution in [-0.2, 0) is 11.3 Å². The van der Waals surface area contributed by atoms with Crippen LogP contribution in [0.5, 0.6) is 0 Å². The molecule has 112 valence electrons. The Kier molecular flexibility index (Phi) is 5.33. The van der Waals surface area contributed by atoms with Crippen molar-refractivity contribution in [1.29, 1.82) is 0 Å². The summed E-state index contributed by atoms with van der Waals surface area (Å²) >= 11 is 7.49. The summed E-state index contributed by atoms with van der Waals surface area (Å²) in [5, 5.41) is 10.6. The standard InChI is InChI=1S/C15H17ClN2O2S/c1-10(15(19)20)8-18(2)9-13-7-17-14(21-13)11-3-5-12(16)6-4-11/h3-7,10H,8-9H2,1-2H3,(H,19,20). The average Bonchev–Trinajstić information content (AvgIpc) is 2.87. The van der Waals surface area contributed by atoms with E-state index in [0.29, 0.717) is 18.1 Å². The van der Waals surface area contributed by atoms with Crippen molar-refractivity contribution in [3.8, 4) is 10.6 Å². The Balaban J connectivity index is 2.00. The molecule has 21 heavy (non-hydrogen) atoms. The first kappa shape index (κ1) is 15.9. The fourth-order valence-electron chi connectivity index (χ4n) is 1.98. The first-order valence-electron chi connectivity index (χ1n) is 6.57. The molecule has 0 saturated heterocycles. The summed E-state index contributed by atoms with van der Waals surface area (Å²) in [6.07, 6.45) is 1.84. The van der Waals surface area contributed by atoms with E-state index in [-0.39, 0.29) is 5.92 Å². The van der Waals surface area contributed by atoms with E-state index in [1.165, 1.54) is 0 Å². The minimum atomic E-state index is -0.770. The van der Waals surface area contributed by atoms with Crippen LogP contribution in [0.2, 0.25) is 5.02 Å². The fourth-order valence-corrected chi connectivity index (χ4v) is 3.11. The number of hydrogen-bond donors (Lipinski definition) is 1. The molecule has 1 heterocycles. The number of thiazole rings is 1. The van der Waals surface area contributed by atoms with E-state index in [1.807, 2.05) is 42.4 Å². The van der Waals surface area contributed by atoms with Gasteiger partial charge in [-0.2, -0.15) is 0 Å². The molecular weight excluding hydrogens is 308 g/mol. The highest BCUT2D eigenvalue weighted by atomic mass is 35.5. The van der Waals surface area contributed by atoms with Crippen molar-refractivity contribution in [2.45, 2.75) is 13.5 Å². The highest BCUT2D eigenvalue weighted by Gasteiger charge is 2.14. The molecule has 0 aliphatic heterocycles. The van der Waals surface area contributed by atoms with E-state index < -0.39 is 5.97 Å². The van der Waals surface area contributed by atoms with Crippen LogP contribution >= 0.6 is 22.9 Å². The minimum absolute atomic E-state index is 0.376. The van der Waals surface area contributed by atoms with Crippen LogP contribution in [0.4, 0.5) is 0 Å². The second-order valence-corrected chi connectivity index (χ2v) is 6.63. The molecule has 0 saturated carbocycles. The minimum Gasteiger partial charge on any atom is -0.481 e. The third-order valence-corrected chi connectivity index (χ3v) is 4.36. The average molecular weight is 325 g/mol. The molecule has 0 aliphatic carbocycles. The van der Waals surface area contributed by atoms with Crippen LogP contribution in [0, 0.1) is 5.92 Å². The van der Waals surface area contributed by atoms with Crippen LogP contribution < -0.4 is 0 Å². The summed E-state index contributed by atoms with van der Waals surface area (Å²) in [4.78, 5) is 18.4. The predicted octanol–water partition coefficient (Wildman–Crippen LogP) is 3.62. The molecule has 0 amide bonds. The van der Waals surface area contributed by atoms with Gasteiger partial charge in [-0.25, -0.2) is 4.98 Å². The van der Waals surface area contributed by atoms with Crippen molar-refractivity contribution < 1.29 is 9.90 Å². The van der Waals surface area contributed by atoms with E-state index in [2.05, 4.69) is 4.98 Å². The lowest BCUT2D eigenvalue weighted by Gasteiger charge is -2.17. The number of rotatable bonds is 6. The fraction of sp³-hybridized carbons (Fsp3) is 0.333. The molecule has 2 aromatic rings. The molecular formula is C15H17ClN2O2S. The molecule has 1 N–H and O–H groups in total. The van der Waals surface area contributed by atoms with Crippen LogP contribution in [0.1, 0.15) is 11.8 Å². The number of carbonyl (C=O) groups is 1. The summed E-state index contributed by atoms with van der Waals surface area (Å²) in [5.41, 5.74) is 1.04. The predicted molar refractivity (Wildman–Crippen MR) is 85.7 cm³/mol. The number of nitrogens with zero attached hydrogens (tertiary/aromatic N) is 2. The van der Waals surface area contributed by atoms with E-state index in [4.69, 9.17) is 16.7 Å².